The minimum absolute atomic E-state index is 0.353. The smallest absolute Gasteiger partial charge is 0.0589 e. The van der Waals surface area contributed by atoms with Gasteiger partial charge >= 0.3 is 0 Å². The van der Waals surface area contributed by atoms with Gasteiger partial charge < -0.3 is 10.5 Å². The first-order valence-corrected chi connectivity index (χ1v) is 7.13. The lowest BCUT2D eigenvalue weighted by molar-refractivity contribution is 0.0461. The molecule has 0 aliphatic heterocycles. The van der Waals surface area contributed by atoms with Gasteiger partial charge in [-0.2, -0.15) is 0 Å². The zero-order chi connectivity index (χ0) is 12.4. The Morgan fingerprint density at radius 1 is 1.24 bits per heavy atom. The highest BCUT2D eigenvalue weighted by atomic mass is 16.5. The SMILES string of the molecule is COCCN(C1CC1)C1C(C)CC(C)CC1N. The number of hydrogen-bond acceptors (Lipinski definition) is 3. The predicted octanol–water partition coefficient (Wildman–Crippen LogP) is 1.86. The number of nitrogens with two attached hydrogens (primary N) is 1. The number of methoxy groups -OCH3 is 1. The van der Waals surface area contributed by atoms with Crippen LogP contribution in [0.25, 0.3) is 0 Å². The van der Waals surface area contributed by atoms with Gasteiger partial charge in [-0.3, -0.25) is 4.90 Å². The molecule has 0 radical (unpaired) electrons. The van der Waals surface area contributed by atoms with Gasteiger partial charge in [0.25, 0.3) is 0 Å². The highest BCUT2D eigenvalue weighted by Crippen LogP contribution is 2.37. The highest BCUT2D eigenvalue weighted by Gasteiger charge is 2.41. The Kier molecular flexibility index (Phi) is 4.45. The van der Waals surface area contributed by atoms with Crippen LogP contribution in [0, 0.1) is 11.8 Å². The third kappa shape index (κ3) is 3.21. The van der Waals surface area contributed by atoms with Crippen molar-refractivity contribution in [1.29, 1.82) is 0 Å². The molecule has 2 fully saturated rings. The Bertz CT molecular complexity index is 230. The van der Waals surface area contributed by atoms with Crippen LogP contribution in [0.4, 0.5) is 0 Å². The lowest BCUT2D eigenvalue weighted by Crippen LogP contribution is -2.56. The van der Waals surface area contributed by atoms with Gasteiger partial charge in [-0.25, -0.2) is 0 Å². The predicted molar refractivity (Wildman–Crippen MR) is 70.9 cm³/mol. The summed E-state index contributed by atoms with van der Waals surface area (Å²) in [5.74, 6) is 1.52. The molecule has 0 aromatic rings. The van der Waals surface area contributed by atoms with Crippen LogP contribution < -0.4 is 5.73 Å². The molecule has 2 rings (SSSR count). The van der Waals surface area contributed by atoms with Crippen LogP contribution in [0.15, 0.2) is 0 Å². The fraction of sp³-hybridized carbons (Fsp3) is 1.00. The molecule has 0 heterocycles. The Balaban J connectivity index is 2.00. The van der Waals surface area contributed by atoms with Crippen molar-refractivity contribution in [2.24, 2.45) is 17.6 Å². The molecule has 100 valence electrons. The molecule has 0 bridgehead atoms. The zero-order valence-electron chi connectivity index (χ0n) is 11.6. The van der Waals surface area contributed by atoms with E-state index >= 15 is 0 Å². The second-order valence-corrected chi connectivity index (χ2v) is 6.17. The van der Waals surface area contributed by atoms with Crippen molar-refractivity contribution in [3.63, 3.8) is 0 Å². The van der Waals surface area contributed by atoms with Crippen molar-refractivity contribution >= 4 is 0 Å². The van der Waals surface area contributed by atoms with Crippen molar-refractivity contribution in [1.82, 2.24) is 4.90 Å². The van der Waals surface area contributed by atoms with Crippen LogP contribution in [0.3, 0.4) is 0 Å². The molecular weight excluding hydrogens is 212 g/mol. The number of hydrogen-bond donors (Lipinski definition) is 1. The summed E-state index contributed by atoms with van der Waals surface area (Å²) in [6.07, 6.45) is 5.23. The van der Waals surface area contributed by atoms with Gasteiger partial charge in [-0.15, -0.1) is 0 Å². The fourth-order valence-corrected chi connectivity index (χ4v) is 3.65. The Hall–Kier alpha value is -0.120. The Morgan fingerprint density at radius 2 is 1.94 bits per heavy atom. The molecule has 0 spiro atoms. The van der Waals surface area contributed by atoms with E-state index in [1.54, 1.807) is 7.11 Å². The molecule has 4 unspecified atom stereocenters. The van der Waals surface area contributed by atoms with Crippen LogP contribution in [-0.4, -0.2) is 43.3 Å². The maximum absolute atomic E-state index is 6.42. The molecule has 2 aliphatic carbocycles. The van der Waals surface area contributed by atoms with E-state index in [9.17, 15) is 0 Å². The van der Waals surface area contributed by atoms with Crippen LogP contribution in [0.1, 0.15) is 39.5 Å². The van der Waals surface area contributed by atoms with E-state index in [0.717, 1.165) is 31.0 Å². The molecule has 3 heteroatoms. The van der Waals surface area contributed by atoms with E-state index in [4.69, 9.17) is 10.5 Å². The van der Waals surface area contributed by atoms with Crippen molar-refractivity contribution in [3.05, 3.63) is 0 Å². The van der Waals surface area contributed by atoms with Gasteiger partial charge in [-0.1, -0.05) is 13.8 Å². The molecule has 17 heavy (non-hydrogen) atoms. The first-order chi connectivity index (χ1) is 8.13. The van der Waals surface area contributed by atoms with Crippen LogP contribution in [0.5, 0.6) is 0 Å². The van der Waals surface area contributed by atoms with Crippen molar-refractivity contribution in [2.75, 3.05) is 20.3 Å². The molecular formula is C14H28N2O. The lowest BCUT2D eigenvalue weighted by Gasteiger charge is -2.44. The molecule has 2 N–H and O–H groups in total. The Morgan fingerprint density at radius 3 is 2.47 bits per heavy atom. The topological polar surface area (TPSA) is 38.5 Å². The van der Waals surface area contributed by atoms with Crippen molar-refractivity contribution in [3.8, 4) is 0 Å². The van der Waals surface area contributed by atoms with E-state index < -0.39 is 0 Å². The van der Waals surface area contributed by atoms with E-state index in [1.807, 2.05) is 0 Å². The maximum atomic E-state index is 6.42. The van der Waals surface area contributed by atoms with Crippen LogP contribution >= 0.6 is 0 Å². The van der Waals surface area contributed by atoms with Crippen molar-refractivity contribution < 1.29 is 4.74 Å². The molecule has 0 saturated heterocycles. The normalized spacial score (nSPS) is 38.6. The number of nitrogens with zero attached hydrogens (tertiary/aromatic N) is 1. The maximum Gasteiger partial charge on any atom is 0.0589 e. The second kappa shape index (κ2) is 5.68. The van der Waals surface area contributed by atoms with E-state index in [2.05, 4.69) is 18.7 Å². The van der Waals surface area contributed by atoms with Gasteiger partial charge in [0, 0.05) is 31.8 Å². The average Bonchev–Trinajstić information content (AvgIpc) is 3.05. The minimum atomic E-state index is 0.353. The second-order valence-electron chi connectivity index (χ2n) is 6.17. The number of ether oxygens (including phenoxy) is 1. The third-order valence-electron chi connectivity index (χ3n) is 4.42. The van der Waals surface area contributed by atoms with Gasteiger partial charge in [0.1, 0.15) is 0 Å². The van der Waals surface area contributed by atoms with Gasteiger partial charge in [0.15, 0.2) is 0 Å². The summed E-state index contributed by atoms with van der Waals surface area (Å²) in [6, 6.07) is 1.72. The molecule has 4 atom stereocenters. The van der Waals surface area contributed by atoms with Gasteiger partial charge in [-0.05, 0) is 37.5 Å². The lowest BCUT2D eigenvalue weighted by atomic mass is 9.76. The largest absolute Gasteiger partial charge is 0.383 e. The molecule has 0 aromatic heterocycles. The van der Waals surface area contributed by atoms with E-state index in [-0.39, 0.29) is 0 Å². The first kappa shape index (κ1) is 13.3. The molecule has 0 amide bonds. The Labute approximate surface area is 106 Å². The zero-order valence-corrected chi connectivity index (χ0v) is 11.6. The summed E-state index contributed by atoms with van der Waals surface area (Å²) in [5.41, 5.74) is 6.42. The molecule has 2 saturated carbocycles. The molecule has 0 aromatic carbocycles. The highest BCUT2D eigenvalue weighted by molar-refractivity contribution is 4.97. The fourth-order valence-electron chi connectivity index (χ4n) is 3.65. The third-order valence-corrected chi connectivity index (χ3v) is 4.42. The first-order valence-electron chi connectivity index (χ1n) is 7.13. The summed E-state index contributed by atoms with van der Waals surface area (Å²) in [4.78, 5) is 2.64. The summed E-state index contributed by atoms with van der Waals surface area (Å²) >= 11 is 0. The summed E-state index contributed by atoms with van der Waals surface area (Å²) in [5, 5.41) is 0. The quantitative estimate of drug-likeness (QED) is 0.797. The summed E-state index contributed by atoms with van der Waals surface area (Å²) < 4.78 is 5.25. The monoisotopic (exact) mass is 240 g/mol. The van der Waals surface area contributed by atoms with Crippen molar-refractivity contribution in [2.45, 2.75) is 57.7 Å². The number of rotatable bonds is 5. The van der Waals surface area contributed by atoms with E-state index in [0.29, 0.717) is 12.1 Å². The molecule has 3 nitrogen and oxygen atoms in total. The minimum Gasteiger partial charge on any atom is -0.383 e. The van der Waals surface area contributed by atoms with Gasteiger partial charge in [0.2, 0.25) is 0 Å². The average molecular weight is 240 g/mol. The summed E-state index contributed by atoms with van der Waals surface area (Å²) in [7, 11) is 1.79. The van der Waals surface area contributed by atoms with Gasteiger partial charge in [0.05, 0.1) is 6.61 Å². The van der Waals surface area contributed by atoms with Crippen LogP contribution in [0.2, 0.25) is 0 Å². The van der Waals surface area contributed by atoms with E-state index in [1.165, 1.54) is 25.7 Å². The molecule has 2 aliphatic rings. The van der Waals surface area contributed by atoms with Crippen LogP contribution in [-0.2, 0) is 4.74 Å². The summed E-state index contributed by atoms with van der Waals surface area (Å²) in [6.45, 7) is 6.60. The standard InChI is InChI=1S/C14H28N2O/c1-10-8-11(2)14(13(15)9-10)16(6-7-17-3)12-4-5-12/h10-14H,4-9,15H2,1-3H3.